The summed E-state index contributed by atoms with van der Waals surface area (Å²) < 4.78 is 31.3. The molecule has 2 rings (SSSR count). The van der Waals surface area contributed by atoms with E-state index in [0.29, 0.717) is 25.3 Å². The molecule has 1 fully saturated rings. The molecule has 1 aromatic carbocycles. The second-order valence-electron chi connectivity index (χ2n) is 5.63. The van der Waals surface area contributed by atoms with E-state index < -0.39 is 10.0 Å². The molecule has 1 amide bonds. The minimum Gasteiger partial charge on any atom is -0.378 e. The number of nitrogens with zero attached hydrogens (tertiary/aromatic N) is 2. The maximum atomic E-state index is 12.3. The second kappa shape index (κ2) is 8.34. The highest BCUT2D eigenvalue weighted by atomic mass is 32.2. The van der Waals surface area contributed by atoms with Crippen LogP contribution in [0.2, 0.25) is 0 Å². The maximum absolute atomic E-state index is 12.3. The number of hydrogen-bond acceptors (Lipinski definition) is 5. The van der Waals surface area contributed by atoms with E-state index >= 15 is 0 Å². The number of anilines is 2. The Morgan fingerprint density at radius 3 is 2.58 bits per heavy atom. The van der Waals surface area contributed by atoms with E-state index in [1.54, 1.807) is 13.0 Å². The third-order valence-electron chi connectivity index (χ3n) is 3.86. The zero-order chi connectivity index (χ0) is 17.6. The molecule has 7 nitrogen and oxygen atoms in total. The first-order valence-corrected chi connectivity index (χ1v) is 9.94. The Bertz CT molecular complexity index is 657. The van der Waals surface area contributed by atoms with Gasteiger partial charge < -0.3 is 15.0 Å². The molecule has 0 radical (unpaired) electrons. The molecule has 0 bridgehead atoms. The van der Waals surface area contributed by atoms with Crippen LogP contribution in [0.3, 0.4) is 0 Å². The number of ether oxygens (including phenoxy) is 1. The quantitative estimate of drug-likeness (QED) is 0.783. The number of rotatable bonds is 7. The Morgan fingerprint density at radius 1 is 1.29 bits per heavy atom. The molecule has 0 unspecified atom stereocenters. The molecule has 0 saturated carbocycles. The first-order chi connectivity index (χ1) is 11.4. The Morgan fingerprint density at radius 2 is 1.96 bits per heavy atom. The molecule has 1 aliphatic rings. The van der Waals surface area contributed by atoms with E-state index in [1.165, 1.54) is 10.6 Å². The van der Waals surface area contributed by atoms with Gasteiger partial charge in [0.15, 0.2) is 0 Å². The van der Waals surface area contributed by atoms with Gasteiger partial charge in [-0.3, -0.25) is 9.10 Å². The molecule has 134 valence electrons. The zero-order valence-electron chi connectivity index (χ0n) is 14.2. The largest absolute Gasteiger partial charge is 0.378 e. The number of hydrogen-bond donors (Lipinski definition) is 1. The van der Waals surface area contributed by atoms with E-state index in [-0.39, 0.29) is 19.0 Å². The molecule has 1 saturated heterocycles. The van der Waals surface area contributed by atoms with Crippen molar-refractivity contribution in [1.82, 2.24) is 5.32 Å². The Hall–Kier alpha value is -1.80. The molecule has 1 aromatic rings. The number of nitrogens with one attached hydrogen (secondary N) is 1. The van der Waals surface area contributed by atoms with Gasteiger partial charge in [-0.1, -0.05) is 19.1 Å². The first kappa shape index (κ1) is 18.5. The lowest BCUT2D eigenvalue weighted by Gasteiger charge is -2.33. The normalized spacial score (nSPS) is 15.2. The summed E-state index contributed by atoms with van der Waals surface area (Å²) in [6.45, 7) is 4.93. The van der Waals surface area contributed by atoms with Gasteiger partial charge in [0.2, 0.25) is 15.9 Å². The lowest BCUT2D eigenvalue weighted by molar-refractivity contribution is -0.120. The van der Waals surface area contributed by atoms with Gasteiger partial charge in [0.05, 0.1) is 37.4 Å². The van der Waals surface area contributed by atoms with Crippen molar-refractivity contribution >= 4 is 27.3 Å². The summed E-state index contributed by atoms with van der Waals surface area (Å²) in [4.78, 5) is 13.5. The molecule has 1 N–H and O–H groups in total. The Kier molecular flexibility index (Phi) is 6.44. The van der Waals surface area contributed by atoms with Gasteiger partial charge in [-0.2, -0.15) is 0 Å². The van der Waals surface area contributed by atoms with Crippen molar-refractivity contribution < 1.29 is 17.9 Å². The van der Waals surface area contributed by atoms with Crippen LogP contribution < -0.4 is 14.5 Å². The van der Waals surface area contributed by atoms with Crippen molar-refractivity contribution in [3.8, 4) is 0 Å². The fourth-order valence-corrected chi connectivity index (χ4v) is 3.57. The van der Waals surface area contributed by atoms with Gasteiger partial charge in [0, 0.05) is 26.1 Å². The second-order valence-corrected chi connectivity index (χ2v) is 7.53. The molecular formula is C16H25N3O4S. The van der Waals surface area contributed by atoms with Crippen LogP contribution >= 0.6 is 0 Å². The molecule has 8 heteroatoms. The highest BCUT2D eigenvalue weighted by Crippen LogP contribution is 2.31. The number of amides is 1. The highest BCUT2D eigenvalue weighted by molar-refractivity contribution is 7.92. The molecule has 1 aliphatic heterocycles. The minimum atomic E-state index is -3.46. The van der Waals surface area contributed by atoms with E-state index in [1.807, 2.05) is 18.2 Å². The summed E-state index contributed by atoms with van der Waals surface area (Å²) >= 11 is 0. The number of para-hydroxylation sites is 2. The minimum absolute atomic E-state index is 0.0927. The molecular weight excluding hydrogens is 330 g/mol. The number of carbonyl (C=O) groups excluding carboxylic acids is 1. The van der Waals surface area contributed by atoms with Crippen molar-refractivity contribution in [3.05, 3.63) is 24.3 Å². The molecule has 1 heterocycles. The molecule has 0 spiro atoms. The molecule has 0 aromatic heterocycles. The lowest BCUT2D eigenvalue weighted by atomic mass is 10.2. The van der Waals surface area contributed by atoms with Crippen LogP contribution in [-0.4, -0.2) is 60.0 Å². The molecule has 0 aliphatic carbocycles. The number of sulfonamides is 1. The van der Waals surface area contributed by atoms with Crippen LogP contribution in [0, 0.1) is 0 Å². The Labute approximate surface area is 143 Å². The third kappa shape index (κ3) is 4.85. The monoisotopic (exact) mass is 355 g/mol. The van der Waals surface area contributed by atoms with Crippen LogP contribution in [0.4, 0.5) is 11.4 Å². The molecule has 24 heavy (non-hydrogen) atoms. The van der Waals surface area contributed by atoms with Crippen molar-refractivity contribution in [2.75, 3.05) is 54.9 Å². The van der Waals surface area contributed by atoms with Gasteiger partial charge in [-0.15, -0.1) is 0 Å². The van der Waals surface area contributed by atoms with E-state index in [2.05, 4.69) is 10.2 Å². The predicted octanol–water partition coefficient (Wildman–Crippen LogP) is 0.815. The summed E-state index contributed by atoms with van der Waals surface area (Å²) in [5.41, 5.74) is 1.50. The van der Waals surface area contributed by atoms with Gasteiger partial charge in [-0.25, -0.2) is 8.42 Å². The van der Waals surface area contributed by atoms with E-state index in [0.717, 1.165) is 18.8 Å². The Balaban J connectivity index is 2.24. The summed E-state index contributed by atoms with van der Waals surface area (Å²) in [7, 11) is -3.46. The van der Waals surface area contributed by atoms with Crippen LogP contribution in [0.5, 0.6) is 0 Å². The maximum Gasteiger partial charge on any atom is 0.232 e. The van der Waals surface area contributed by atoms with Gasteiger partial charge in [-0.05, 0) is 12.1 Å². The summed E-state index contributed by atoms with van der Waals surface area (Å²) in [6.07, 6.45) is 1.56. The van der Waals surface area contributed by atoms with Crippen LogP contribution in [0.25, 0.3) is 0 Å². The van der Waals surface area contributed by atoms with Crippen molar-refractivity contribution in [2.45, 2.75) is 13.3 Å². The number of morpholine rings is 1. The average molecular weight is 355 g/mol. The van der Waals surface area contributed by atoms with Crippen molar-refractivity contribution in [3.63, 3.8) is 0 Å². The van der Waals surface area contributed by atoms with Crippen LogP contribution in [0.15, 0.2) is 24.3 Å². The van der Waals surface area contributed by atoms with E-state index in [9.17, 15) is 13.2 Å². The smallest absolute Gasteiger partial charge is 0.232 e. The van der Waals surface area contributed by atoms with Crippen LogP contribution in [-0.2, 0) is 19.6 Å². The number of benzene rings is 1. The SMILES string of the molecule is CCC(=O)NCCN(c1ccccc1N1CCOCC1)S(C)(=O)=O. The lowest BCUT2D eigenvalue weighted by Crippen LogP contribution is -2.41. The predicted molar refractivity (Wildman–Crippen MR) is 95.0 cm³/mol. The summed E-state index contributed by atoms with van der Waals surface area (Å²) in [6, 6.07) is 7.44. The van der Waals surface area contributed by atoms with Crippen molar-refractivity contribution in [1.29, 1.82) is 0 Å². The molecule has 0 atom stereocenters. The first-order valence-electron chi connectivity index (χ1n) is 8.09. The highest BCUT2D eigenvalue weighted by Gasteiger charge is 2.23. The fourth-order valence-electron chi connectivity index (χ4n) is 2.63. The van der Waals surface area contributed by atoms with E-state index in [4.69, 9.17) is 4.74 Å². The third-order valence-corrected chi connectivity index (χ3v) is 5.04. The topological polar surface area (TPSA) is 79.0 Å². The van der Waals surface area contributed by atoms with Gasteiger partial charge in [0.1, 0.15) is 0 Å². The fraction of sp³-hybridized carbons (Fsp3) is 0.562. The summed E-state index contributed by atoms with van der Waals surface area (Å²) in [5.74, 6) is -0.0927. The van der Waals surface area contributed by atoms with Gasteiger partial charge in [0.25, 0.3) is 0 Å². The average Bonchev–Trinajstić information content (AvgIpc) is 2.58. The van der Waals surface area contributed by atoms with Crippen molar-refractivity contribution in [2.24, 2.45) is 0 Å². The standard InChI is InChI=1S/C16H25N3O4S/c1-3-16(20)17-8-9-19(24(2,21)22)15-7-5-4-6-14(15)18-10-12-23-13-11-18/h4-7H,3,8-13H2,1-2H3,(H,17,20). The van der Waals surface area contributed by atoms with Gasteiger partial charge >= 0.3 is 0 Å². The number of carbonyl (C=O) groups is 1. The summed E-state index contributed by atoms with van der Waals surface area (Å²) in [5, 5.41) is 2.73. The zero-order valence-corrected chi connectivity index (χ0v) is 15.0. The van der Waals surface area contributed by atoms with Crippen LogP contribution in [0.1, 0.15) is 13.3 Å².